The molecule has 1 unspecified atom stereocenters. The second-order valence-electron chi connectivity index (χ2n) is 4.69. The van der Waals surface area contributed by atoms with Crippen LogP contribution in [-0.4, -0.2) is 12.8 Å². The zero-order valence-corrected chi connectivity index (χ0v) is 15.9. The number of hydrogen-bond acceptors (Lipinski definition) is 2. The first-order valence-electron chi connectivity index (χ1n) is 6.33. The van der Waals surface area contributed by atoms with Crippen molar-refractivity contribution in [1.29, 1.82) is 0 Å². The Balaban J connectivity index is 2.24. The standard InChI is InChI=1S/C15H15BrINO2S/c1-11-2-8-14(9-3-11)21(19,20)18-15(10-17)12-4-6-13(16)7-5-12/h2-9,15,18H,10H2,1H3. The fourth-order valence-corrected chi connectivity index (χ4v) is 4.37. The molecule has 0 aliphatic rings. The molecule has 0 saturated heterocycles. The molecule has 2 rings (SSSR count). The van der Waals surface area contributed by atoms with E-state index in [2.05, 4.69) is 43.2 Å². The predicted octanol–water partition coefficient (Wildman–Crippen LogP) is 4.21. The maximum atomic E-state index is 12.4. The molecule has 0 amide bonds. The van der Waals surface area contributed by atoms with Crippen molar-refractivity contribution in [3.8, 4) is 0 Å². The molecule has 21 heavy (non-hydrogen) atoms. The monoisotopic (exact) mass is 479 g/mol. The van der Waals surface area contributed by atoms with Crippen LogP contribution < -0.4 is 4.72 Å². The molecule has 0 aromatic heterocycles. The Kier molecular flexibility index (Phi) is 5.81. The number of halogens is 2. The lowest BCUT2D eigenvalue weighted by Gasteiger charge is -2.17. The molecular weight excluding hydrogens is 465 g/mol. The summed E-state index contributed by atoms with van der Waals surface area (Å²) in [6, 6.07) is 14.3. The van der Waals surface area contributed by atoms with Gasteiger partial charge in [-0.15, -0.1) is 0 Å². The molecule has 0 aliphatic heterocycles. The van der Waals surface area contributed by atoms with E-state index < -0.39 is 10.0 Å². The molecule has 0 spiro atoms. The Bertz CT molecular complexity index is 699. The minimum Gasteiger partial charge on any atom is -0.207 e. The Labute approximate surface area is 147 Å². The lowest BCUT2D eigenvalue weighted by Crippen LogP contribution is -2.29. The van der Waals surface area contributed by atoms with Gasteiger partial charge in [0.15, 0.2) is 0 Å². The summed E-state index contributed by atoms with van der Waals surface area (Å²) in [6.45, 7) is 1.93. The van der Waals surface area contributed by atoms with Crippen LogP contribution in [0.1, 0.15) is 17.2 Å². The SMILES string of the molecule is Cc1ccc(S(=O)(=O)NC(CI)c2ccc(Br)cc2)cc1. The first-order chi connectivity index (χ1) is 9.92. The fraction of sp³-hybridized carbons (Fsp3) is 0.200. The van der Waals surface area contributed by atoms with Gasteiger partial charge >= 0.3 is 0 Å². The smallest absolute Gasteiger partial charge is 0.207 e. The van der Waals surface area contributed by atoms with Crippen LogP contribution in [0.3, 0.4) is 0 Å². The normalized spacial score (nSPS) is 13.1. The summed E-state index contributed by atoms with van der Waals surface area (Å²) in [5.41, 5.74) is 1.98. The highest BCUT2D eigenvalue weighted by Gasteiger charge is 2.20. The van der Waals surface area contributed by atoms with E-state index >= 15 is 0 Å². The van der Waals surface area contributed by atoms with Crippen molar-refractivity contribution in [2.75, 3.05) is 4.43 Å². The van der Waals surface area contributed by atoms with Gasteiger partial charge in [-0.25, -0.2) is 13.1 Å². The highest BCUT2D eigenvalue weighted by atomic mass is 127. The van der Waals surface area contributed by atoms with Crippen LogP contribution in [-0.2, 0) is 10.0 Å². The van der Waals surface area contributed by atoms with Gasteiger partial charge in [-0.2, -0.15) is 0 Å². The first kappa shape index (κ1) is 16.9. The molecule has 1 N–H and O–H groups in total. The highest BCUT2D eigenvalue weighted by molar-refractivity contribution is 14.1. The van der Waals surface area contributed by atoms with Gasteiger partial charge in [-0.05, 0) is 36.8 Å². The summed E-state index contributed by atoms with van der Waals surface area (Å²) < 4.78 is 29.3. The molecule has 0 heterocycles. The number of alkyl halides is 1. The summed E-state index contributed by atoms with van der Waals surface area (Å²) in [5.74, 6) is 0. The summed E-state index contributed by atoms with van der Waals surface area (Å²) in [5, 5.41) is 0. The number of rotatable bonds is 5. The number of aryl methyl sites for hydroxylation is 1. The zero-order valence-electron chi connectivity index (χ0n) is 11.4. The topological polar surface area (TPSA) is 46.2 Å². The van der Waals surface area contributed by atoms with Crippen LogP contribution in [0.4, 0.5) is 0 Å². The predicted molar refractivity (Wildman–Crippen MR) is 97.3 cm³/mol. The zero-order chi connectivity index (χ0) is 15.5. The van der Waals surface area contributed by atoms with Gasteiger partial charge < -0.3 is 0 Å². The van der Waals surface area contributed by atoms with E-state index in [1.165, 1.54) is 0 Å². The van der Waals surface area contributed by atoms with Gasteiger partial charge in [-0.3, -0.25) is 0 Å². The second kappa shape index (κ2) is 7.21. The number of sulfonamides is 1. The average molecular weight is 480 g/mol. The lowest BCUT2D eigenvalue weighted by atomic mass is 10.1. The molecule has 0 aliphatic carbocycles. The third-order valence-electron chi connectivity index (χ3n) is 3.06. The van der Waals surface area contributed by atoms with Crippen molar-refractivity contribution >= 4 is 48.5 Å². The van der Waals surface area contributed by atoms with Gasteiger partial charge in [0.05, 0.1) is 10.9 Å². The van der Waals surface area contributed by atoms with E-state index in [0.717, 1.165) is 15.6 Å². The molecule has 0 bridgehead atoms. The van der Waals surface area contributed by atoms with Crippen molar-refractivity contribution < 1.29 is 8.42 Å². The first-order valence-corrected chi connectivity index (χ1v) is 10.1. The Morgan fingerprint density at radius 3 is 2.19 bits per heavy atom. The van der Waals surface area contributed by atoms with Gasteiger partial charge in [0.1, 0.15) is 0 Å². The maximum Gasteiger partial charge on any atom is 0.241 e. The van der Waals surface area contributed by atoms with Crippen molar-refractivity contribution in [2.45, 2.75) is 17.9 Å². The Morgan fingerprint density at radius 1 is 1.10 bits per heavy atom. The highest BCUT2D eigenvalue weighted by Crippen LogP contribution is 2.21. The molecule has 0 fully saturated rings. The van der Waals surface area contributed by atoms with Crippen LogP contribution in [0, 0.1) is 6.92 Å². The van der Waals surface area contributed by atoms with Crippen LogP contribution in [0.2, 0.25) is 0 Å². The lowest BCUT2D eigenvalue weighted by molar-refractivity contribution is 0.569. The summed E-state index contributed by atoms with van der Waals surface area (Å²) >= 11 is 5.57. The van der Waals surface area contributed by atoms with Crippen LogP contribution in [0.25, 0.3) is 0 Å². The molecule has 1 atom stereocenters. The van der Waals surface area contributed by atoms with Crippen molar-refractivity contribution in [2.24, 2.45) is 0 Å². The minimum absolute atomic E-state index is 0.245. The summed E-state index contributed by atoms with van der Waals surface area (Å²) in [7, 11) is -3.51. The number of benzene rings is 2. The van der Waals surface area contributed by atoms with E-state index in [4.69, 9.17) is 0 Å². The van der Waals surface area contributed by atoms with Crippen LogP contribution in [0.5, 0.6) is 0 Å². The van der Waals surface area contributed by atoms with E-state index in [1.54, 1.807) is 24.3 Å². The third-order valence-corrected chi connectivity index (χ3v) is 5.95. The average Bonchev–Trinajstić information content (AvgIpc) is 2.46. The molecule has 2 aromatic rings. The molecule has 112 valence electrons. The quantitative estimate of drug-likeness (QED) is 0.515. The largest absolute Gasteiger partial charge is 0.241 e. The van der Waals surface area contributed by atoms with Crippen molar-refractivity contribution in [1.82, 2.24) is 4.72 Å². The summed E-state index contributed by atoms with van der Waals surface area (Å²) in [4.78, 5) is 0.292. The van der Waals surface area contributed by atoms with Crippen molar-refractivity contribution in [3.63, 3.8) is 0 Å². The van der Waals surface area contributed by atoms with E-state index in [0.29, 0.717) is 9.32 Å². The van der Waals surface area contributed by atoms with E-state index in [-0.39, 0.29) is 6.04 Å². The van der Waals surface area contributed by atoms with E-state index in [1.807, 2.05) is 31.2 Å². The fourth-order valence-electron chi connectivity index (χ4n) is 1.86. The number of hydrogen-bond donors (Lipinski definition) is 1. The van der Waals surface area contributed by atoms with Crippen LogP contribution >= 0.6 is 38.5 Å². The molecule has 0 radical (unpaired) electrons. The molecule has 0 saturated carbocycles. The second-order valence-corrected chi connectivity index (χ2v) is 8.20. The Hall–Kier alpha value is -0.440. The third kappa shape index (κ3) is 4.51. The Morgan fingerprint density at radius 2 is 1.67 bits per heavy atom. The summed E-state index contributed by atoms with van der Waals surface area (Å²) in [6.07, 6.45) is 0. The van der Waals surface area contributed by atoms with Crippen LogP contribution in [0.15, 0.2) is 57.9 Å². The van der Waals surface area contributed by atoms with Gasteiger partial charge in [-0.1, -0.05) is 68.3 Å². The molecular formula is C15H15BrINO2S. The van der Waals surface area contributed by atoms with Crippen molar-refractivity contribution in [3.05, 3.63) is 64.1 Å². The molecule has 6 heteroatoms. The number of nitrogens with one attached hydrogen (secondary N) is 1. The maximum absolute atomic E-state index is 12.4. The molecule has 2 aromatic carbocycles. The van der Waals surface area contributed by atoms with Gasteiger partial charge in [0.2, 0.25) is 10.0 Å². The van der Waals surface area contributed by atoms with E-state index in [9.17, 15) is 8.42 Å². The van der Waals surface area contributed by atoms with Gasteiger partial charge in [0.25, 0.3) is 0 Å². The minimum atomic E-state index is -3.51. The van der Waals surface area contributed by atoms with Gasteiger partial charge in [0, 0.05) is 8.90 Å². The molecule has 3 nitrogen and oxygen atoms in total.